The summed E-state index contributed by atoms with van der Waals surface area (Å²) in [6.45, 7) is 3.74. The van der Waals surface area contributed by atoms with E-state index < -0.39 is 12.1 Å². The van der Waals surface area contributed by atoms with Crippen LogP contribution in [0.4, 0.5) is 15.6 Å². The van der Waals surface area contributed by atoms with Gasteiger partial charge in [-0.15, -0.1) is 0 Å². The molecule has 3 rings (SSSR count). The third kappa shape index (κ3) is 4.58. The molecule has 8 heteroatoms. The molecule has 1 heterocycles. The average Bonchev–Trinajstić information content (AvgIpc) is 3.08. The van der Waals surface area contributed by atoms with E-state index in [1.54, 1.807) is 19.2 Å². The molecule has 1 aromatic heterocycles. The van der Waals surface area contributed by atoms with E-state index in [-0.39, 0.29) is 11.8 Å². The van der Waals surface area contributed by atoms with E-state index in [4.69, 9.17) is 4.74 Å². The predicted octanol–water partition coefficient (Wildman–Crippen LogP) is 4.09. The van der Waals surface area contributed by atoms with Crippen LogP contribution in [0.15, 0.2) is 48.5 Å². The van der Waals surface area contributed by atoms with E-state index in [1.165, 1.54) is 11.3 Å². The van der Waals surface area contributed by atoms with E-state index >= 15 is 0 Å². The number of amides is 3. The fourth-order valence-corrected chi connectivity index (χ4v) is 3.58. The molecule has 0 spiro atoms. The molecule has 0 saturated carbocycles. The van der Waals surface area contributed by atoms with Gasteiger partial charge >= 0.3 is 6.03 Å². The zero-order valence-electron chi connectivity index (χ0n) is 15.9. The maximum atomic E-state index is 12.8. The monoisotopic (exact) mass is 398 g/mol. The summed E-state index contributed by atoms with van der Waals surface area (Å²) in [4.78, 5) is 29.5. The first-order valence-corrected chi connectivity index (χ1v) is 9.66. The zero-order chi connectivity index (χ0) is 20.1. The zero-order valence-corrected chi connectivity index (χ0v) is 16.7. The van der Waals surface area contributed by atoms with Gasteiger partial charge in [0.25, 0.3) is 0 Å². The molecule has 1 atom stereocenters. The van der Waals surface area contributed by atoms with Gasteiger partial charge in [-0.1, -0.05) is 49.4 Å². The Kier molecular flexibility index (Phi) is 6.10. The van der Waals surface area contributed by atoms with Gasteiger partial charge in [-0.2, -0.15) is 0 Å². The lowest BCUT2D eigenvalue weighted by molar-refractivity contribution is -0.118. The lowest BCUT2D eigenvalue weighted by Crippen LogP contribution is -2.48. The topological polar surface area (TPSA) is 92.4 Å². The highest BCUT2D eigenvalue weighted by molar-refractivity contribution is 7.22. The molecule has 0 fully saturated rings. The molecule has 0 radical (unpaired) electrons. The summed E-state index contributed by atoms with van der Waals surface area (Å²) in [6, 6.07) is 13.5. The van der Waals surface area contributed by atoms with E-state index in [0.29, 0.717) is 22.1 Å². The lowest BCUT2D eigenvalue weighted by atomic mass is 10.0. The SMILES string of the molecule is COc1cccc2sc(NC(=O)C(NC(=O)Nc3ccccc3)C(C)C)nc12. The molecule has 1 unspecified atom stereocenters. The van der Waals surface area contributed by atoms with Crippen molar-refractivity contribution in [1.82, 2.24) is 10.3 Å². The van der Waals surface area contributed by atoms with E-state index in [2.05, 4.69) is 20.9 Å². The number of thiazole rings is 1. The number of hydrogen-bond donors (Lipinski definition) is 3. The minimum atomic E-state index is -0.711. The minimum absolute atomic E-state index is 0.106. The van der Waals surface area contributed by atoms with Crippen molar-refractivity contribution < 1.29 is 14.3 Å². The summed E-state index contributed by atoms with van der Waals surface area (Å²) >= 11 is 1.35. The Bertz CT molecular complexity index is 972. The number of carbonyl (C=O) groups excluding carboxylic acids is 2. The number of carbonyl (C=O) groups is 2. The maximum Gasteiger partial charge on any atom is 0.319 e. The van der Waals surface area contributed by atoms with E-state index in [0.717, 1.165) is 4.70 Å². The van der Waals surface area contributed by atoms with Gasteiger partial charge in [0.15, 0.2) is 5.13 Å². The molecule has 0 saturated heterocycles. The number of nitrogens with zero attached hydrogens (tertiary/aromatic N) is 1. The number of benzene rings is 2. The normalized spacial score (nSPS) is 11.9. The van der Waals surface area contributed by atoms with Gasteiger partial charge in [-0.25, -0.2) is 9.78 Å². The predicted molar refractivity (Wildman–Crippen MR) is 112 cm³/mol. The third-order valence-corrected chi connectivity index (χ3v) is 5.04. The first-order chi connectivity index (χ1) is 13.5. The first-order valence-electron chi connectivity index (χ1n) is 8.85. The summed E-state index contributed by atoms with van der Waals surface area (Å²) < 4.78 is 6.21. The second-order valence-corrected chi connectivity index (χ2v) is 7.53. The average molecular weight is 398 g/mol. The Balaban J connectivity index is 1.70. The van der Waals surface area contributed by atoms with Crippen molar-refractivity contribution in [2.24, 2.45) is 5.92 Å². The van der Waals surface area contributed by atoms with Crippen LogP contribution in [0.3, 0.4) is 0 Å². The second-order valence-electron chi connectivity index (χ2n) is 6.50. The van der Waals surface area contributed by atoms with Crippen molar-refractivity contribution in [2.45, 2.75) is 19.9 Å². The summed E-state index contributed by atoms with van der Waals surface area (Å²) in [6.07, 6.45) is 0. The second kappa shape index (κ2) is 8.71. The van der Waals surface area contributed by atoms with Crippen molar-refractivity contribution >= 4 is 44.3 Å². The minimum Gasteiger partial charge on any atom is -0.494 e. The standard InChI is InChI=1S/C20H22N4O3S/c1-12(2)16(22-19(26)21-13-8-5-4-6-9-13)18(25)24-20-23-17-14(27-3)10-7-11-15(17)28-20/h4-12,16H,1-3H3,(H2,21,22,26)(H,23,24,25). The van der Waals surface area contributed by atoms with Crippen molar-refractivity contribution in [3.63, 3.8) is 0 Å². The number of anilines is 2. The number of nitrogens with one attached hydrogen (secondary N) is 3. The Morgan fingerprint density at radius 2 is 1.79 bits per heavy atom. The van der Waals surface area contributed by atoms with Crippen LogP contribution in [0.5, 0.6) is 5.75 Å². The molecular formula is C20H22N4O3S. The number of ether oxygens (including phenoxy) is 1. The van der Waals surface area contributed by atoms with Crippen LogP contribution >= 0.6 is 11.3 Å². The lowest BCUT2D eigenvalue weighted by Gasteiger charge is -2.21. The molecule has 0 aliphatic heterocycles. The van der Waals surface area contributed by atoms with E-state index in [1.807, 2.05) is 50.2 Å². The Morgan fingerprint density at radius 1 is 1.04 bits per heavy atom. The Labute approximate surface area is 167 Å². The highest BCUT2D eigenvalue weighted by atomic mass is 32.1. The molecule has 0 aliphatic carbocycles. The quantitative estimate of drug-likeness (QED) is 0.583. The molecule has 146 valence electrons. The number of aromatic nitrogens is 1. The number of methoxy groups -OCH3 is 1. The summed E-state index contributed by atoms with van der Waals surface area (Å²) in [7, 11) is 1.58. The largest absolute Gasteiger partial charge is 0.494 e. The fourth-order valence-electron chi connectivity index (χ4n) is 2.69. The molecule has 2 aromatic carbocycles. The number of para-hydroxylation sites is 2. The number of urea groups is 1. The molecule has 3 amide bonds. The molecule has 7 nitrogen and oxygen atoms in total. The maximum absolute atomic E-state index is 12.8. The van der Waals surface area contributed by atoms with Gasteiger partial charge in [-0.05, 0) is 30.2 Å². The van der Waals surface area contributed by atoms with Crippen LogP contribution in [0.2, 0.25) is 0 Å². The Morgan fingerprint density at radius 3 is 2.46 bits per heavy atom. The Hall–Kier alpha value is -3.13. The van der Waals surface area contributed by atoms with Gasteiger partial charge in [-0.3, -0.25) is 4.79 Å². The fraction of sp³-hybridized carbons (Fsp3) is 0.250. The highest BCUT2D eigenvalue weighted by Gasteiger charge is 2.25. The molecule has 3 aromatic rings. The first kappa shape index (κ1) is 19.6. The third-order valence-electron chi connectivity index (χ3n) is 4.10. The van der Waals surface area contributed by atoms with Crippen LogP contribution < -0.4 is 20.7 Å². The van der Waals surface area contributed by atoms with Gasteiger partial charge in [0.05, 0.1) is 11.8 Å². The van der Waals surface area contributed by atoms with Crippen LogP contribution in [-0.2, 0) is 4.79 Å². The van der Waals surface area contributed by atoms with Crippen molar-refractivity contribution in [2.75, 3.05) is 17.7 Å². The van der Waals surface area contributed by atoms with Crippen LogP contribution in [-0.4, -0.2) is 30.1 Å². The number of rotatable bonds is 6. The number of fused-ring (bicyclic) bond motifs is 1. The van der Waals surface area contributed by atoms with Gasteiger partial charge in [0, 0.05) is 5.69 Å². The van der Waals surface area contributed by atoms with Crippen molar-refractivity contribution in [3.8, 4) is 5.75 Å². The summed E-state index contributed by atoms with van der Waals surface area (Å²) in [5.41, 5.74) is 1.35. The molecule has 0 aliphatic rings. The van der Waals surface area contributed by atoms with Crippen molar-refractivity contribution in [1.29, 1.82) is 0 Å². The summed E-state index contributed by atoms with van der Waals surface area (Å²) in [5, 5.41) is 8.72. The number of hydrogen-bond acceptors (Lipinski definition) is 5. The van der Waals surface area contributed by atoms with Crippen molar-refractivity contribution in [3.05, 3.63) is 48.5 Å². The van der Waals surface area contributed by atoms with Crippen LogP contribution in [0, 0.1) is 5.92 Å². The molecule has 3 N–H and O–H groups in total. The molecule has 28 heavy (non-hydrogen) atoms. The van der Waals surface area contributed by atoms with E-state index in [9.17, 15) is 9.59 Å². The summed E-state index contributed by atoms with van der Waals surface area (Å²) in [5.74, 6) is 0.219. The van der Waals surface area contributed by atoms with Gasteiger partial charge in [0.2, 0.25) is 5.91 Å². The van der Waals surface area contributed by atoms with Crippen LogP contribution in [0.25, 0.3) is 10.2 Å². The van der Waals surface area contributed by atoms with Crippen LogP contribution in [0.1, 0.15) is 13.8 Å². The molecule has 0 bridgehead atoms. The van der Waals surface area contributed by atoms with Gasteiger partial charge < -0.3 is 20.7 Å². The highest BCUT2D eigenvalue weighted by Crippen LogP contribution is 2.32. The van der Waals surface area contributed by atoms with Gasteiger partial charge in [0.1, 0.15) is 17.3 Å². The smallest absolute Gasteiger partial charge is 0.319 e. The molecular weight excluding hydrogens is 376 g/mol.